The predicted molar refractivity (Wildman–Crippen MR) is 80.7 cm³/mol. The highest BCUT2D eigenvalue weighted by Gasteiger charge is 2.25. The fourth-order valence-electron chi connectivity index (χ4n) is 2.29. The van der Waals surface area contributed by atoms with E-state index < -0.39 is 0 Å². The molecule has 1 aromatic rings. The molecular weight excluding hydrogens is 298 g/mol. The van der Waals surface area contributed by atoms with Gasteiger partial charge in [-0.05, 0) is 31.0 Å². The van der Waals surface area contributed by atoms with Crippen LogP contribution in [-0.2, 0) is 4.74 Å². The number of ether oxygens (including phenoxy) is 1. The van der Waals surface area contributed by atoms with Crippen molar-refractivity contribution in [1.82, 2.24) is 4.90 Å². The Labute approximate surface area is 129 Å². The second-order valence-corrected chi connectivity index (χ2v) is 5.67. The molecule has 0 radical (unpaired) electrons. The van der Waals surface area contributed by atoms with Crippen LogP contribution in [0.1, 0.15) is 23.2 Å². The summed E-state index contributed by atoms with van der Waals surface area (Å²) in [7, 11) is 0. The van der Waals surface area contributed by atoms with Crippen molar-refractivity contribution in [2.24, 2.45) is 0 Å². The van der Waals surface area contributed by atoms with Crippen molar-refractivity contribution >= 4 is 30.1 Å². The standard InChI is InChI=1S/C14H18ClNO3S/c15-13-2-1-11(20)9-12(13)14(18)16-5-3-10(4-6-16)19-8-7-17/h1-2,9-10,17,20H,3-8H2. The fraction of sp³-hybridized carbons (Fsp3) is 0.500. The van der Waals surface area contributed by atoms with E-state index in [9.17, 15) is 4.79 Å². The number of hydrogen-bond donors (Lipinski definition) is 2. The van der Waals surface area contributed by atoms with E-state index in [-0.39, 0.29) is 18.6 Å². The van der Waals surface area contributed by atoms with Crippen LogP contribution in [0.5, 0.6) is 0 Å². The fourth-order valence-corrected chi connectivity index (χ4v) is 2.69. The van der Waals surface area contributed by atoms with Gasteiger partial charge in [0, 0.05) is 18.0 Å². The Bertz CT molecular complexity index is 475. The predicted octanol–water partition coefficient (Wildman–Crippen LogP) is 2.24. The summed E-state index contributed by atoms with van der Waals surface area (Å²) in [5.41, 5.74) is 0.494. The van der Waals surface area contributed by atoms with Gasteiger partial charge in [-0.1, -0.05) is 11.6 Å². The van der Waals surface area contributed by atoms with Crippen LogP contribution in [0.3, 0.4) is 0 Å². The molecule has 2 rings (SSSR count). The van der Waals surface area contributed by atoms with Crippen LogP contribution in [-0.4, -0.2) is 48.3 Å². The van der Waals surface area contributed by atoms with Gasteiger partial charge in [-0.25, -0.2) is 0 Å². The van der Waals surface area contributed by atoms with Gasteiger partial charge in [-0.2, -0.15) is 0 Å². The normalized spacial score (nSPS) is 16.4. The quantitative estimate of drug-likeness (QED) is 0.838. The SMILES string of the molecule is O=C(c1cc(S)ccc1Cl)N1CCC(OCCO)CC1. The third kappa shape index (κ3) is 3.88. The summed E-state index contributed by atoms with van der Waals surface area (Å²) in [6.07, 6.45) is 1.69. The van der Waals surface area contributed by atoms with Crippen molar-refractivity contribution < 1.29 is 14.6 Å². The smallest absolute Gasteiger partial charge is 0.255 e. The lowest BCUT2D eigenvalue weighted by Gasteiger charge is -2.32. The number of piperidine rings is 1. The lowest BCUT2D eigenvalue weighted by atomic mass is 10.1. The number of rotatable bonds is 4. The van der Waals surface area contributed by atoms with Crippen LogP contribution in [0.15, 0.2) is 23.1 Å². The molecule has 0 saturated carbocycles. The molecule has 1 N–H and O–H groups in total. The Morgan fingerprint density at radius 1 is 1.45 bits per heavy atom. The highest BCUT2D eigenvalue weighted by atomic mass is 35.5. The summed E-state index contributed by atoms with van der Waals surface area (Å²) >= 11 is 10.3. The van der Waals surface area contributed by atoms with Crippen molar-refractivity contribution in [3.05, 3.63) is 28.8 Å². The molecule has 20 heavy (non-hydrogen) atoms. The number of amides is 1. The van der Waals surface area contributed by atoms with E-state index in [0.717, 1.165) is 17.7 Å². The van der Waals surface area contributed by atoms with E-state index in [1.54, 1.807) is 23.1 Å². The van der Waals surface area contributed by atoms with Gasteiger partial charge in [0.2, 0.25) is 0 Å². The Balaban J connectivity index is 1.96. The summed E-state index contributed by atoms with van der Waals surface area (Å²) in [6, 6.07) is 5.15. The van der Waals surface area contributed by atoms with Gasteiger partial charge in [0.05, 0.1) is 29.9 Å². The molecule has 0 aliphatic carbocycles. The number of aliphatic hydroxyl groups is 1. The monoisotopic (exact) mass is 315 g/mol. The van der Waals surface area contributed by atoms with Gasteiger partial charge >= 0.3 is 0 Å². The molecule has 0 atom stereocenters. The summed E-state index contributed by atoms with van der Waals surface area (Å²) in [5, 5.41) is 9.18. The van der Waals surface area contributed by atoms with Crippen molar-refractivity contribution in [3.8, 4) is 0 Å². The maximum Gasteiger partial charge on any atom is 0.255 e. The first-order valence-corrected chi connectivity index (χ1v) is 7.44. The van der Waals surface area contributed by atoms with Crippen molar-refractivity contribution in [2.75, 3.05) is 26.3 Å². The Hall–Kier alpha value is -0.750. The highest BCUT2D eigenvalue weighted by Crippen LogP contribution is 2.23. The summed E-state index contributed by atoms with van der Waals surface area (Å²) in [4.78, 5) is 14.9. The van der Waals surface area contributed by atoms with Gasteiger partial charge in [-0.15, -0.1) is 12.6 Å². The van der Waals surface area contributed by atoms with Crippen molar-refractivity contribution in [2.45, 2.75) is 23.8 Å². The van der Waals surface area contributed by atoms with Crippen LogP contribution in [0, 0.1) is 0 Å². The molecular formula is C14H18ClNO3S. The number of aliphatic hydroxyl groups excluding tert-OH is 1. The molecule has 1 heterocycles. The van der Waals surface area contributed by atoms with E-state index in [1.807, 2.05) is 0 Å². The lowest BCUT2D eigenvalue weighted by Crippen LogP contribution is -2.41. The molecule has 6 heteroatoms. The first kappa shape index (κ1) is 15.6. The first-order valence-electron chi connectivity index (χ1n) is 6.62. The molecule has 1 saturated heterocycles. The zero-order valence-electron chi connectivity index (χ0n) is 11.1. The second kappa shape index (κ2) is 7.31. The van der Waals surface area contributed by atoms with Gasteiger partial charge in [0.25, 0.3) is 5.91 Å². The van der Waals surface area contributed by atoms with E-state index in [4.69, 9.17) is 21.4 Å². The molecule has 0 spiro atoms. The van der Waals surface area contributed by atoms with Crippen molar-refractivity contribution in [1.29, 1.82) is 0 Å². The number of hydrogen-bond acceptors (Lipinski definition) is 4. The van der Waals surface area contributed by atoms with E-state index in [2.05, 4.69) is 12.6 Å². The molecule has 1 aliphatic heterocycles. The topological polar surface area (TPSA) is 49.8 Å². The minimum atomic E-state index is -0.0634. The van der Waals surface area contributed by atoms with Gasteiger partial charge in [0.1, 0.15) is 0 Å². The zero-order valence-corrected chi connectivity index (χ0v) is 12.7. The summed E-state index contributed by atoms with van der Waals surface area (Å²) in [5.74, 6) is -0.0634. The first-order chi connectivity index (χ1) is 9.61. The van der Waals surface area contributed by atoms with Crippen LogP contribution in [0.4, 0.5) is 0 Å². The zero-order chi connectivity index (χ0) is 14.5. The molecule has 1 fully saturated rings. The molecule has 4 nitrogen and oxygen atoms in total. The maximum atomic E-state index is 12.4. The molecule has 0 bridgehead atoms. The minimum Gasteiger partial charge on any atom is -0.394 e. The third-order valence-corrected chi connectivity index (χ3v) is 3.96. The van der Waals surface area contributed by atoms with Gasteiger partial charge < -0.3 is 14.7 Å². The summed E-state index contributed by atoms with van der Waals surface area (Å²) in [6.45, 7) is 1.67. The average Bonchev–Trinajstić information content (AvgIpc) is 2.47. The number of thiol groups is 1. The molecule has 110 valence electrons. The minimum absolute atomic E-state index is 0.0312. The highest BCUT2D eigenvalue weighted by molar-refractivity contribution is 7.80. The number of benzene rings is 1. The van der Waals surface area contributed by atoms with Crippen LogP contribution in [0.25, 0.3) is 0 Å². The Morgan fingerprint density at radius 3 is 2.80 bits per heavy atom. The molecule has 0 aromatic heterocycles. The number of nitrogens with zero attached hydrogens (tertiary/aromatic N) is 1. The second-order valence-electron chi connectivity index (χ2n) is 4.75. The van der Waals surface area contributed by atoms with Gasteiger partial charge in [0.15, 0.2) is 0 Å². The number of halogens is 1. The lowest BCUT2D eigenvalue weighted by molar-refractivity contribution is -0.00554. The maximum absolute atomic E-state index is 12.4. The largest absolute Gasteiger partial charge is 0.394 e. The average molecular weight is 316 g/mol. The number of likely N-dealkylation sites (tertiary alicyclic amines) is 1. The van der Waals surface area contributed by atoms with Crippen LogP contribution >= 0.6 is 24.2 Å². The number of carbonyl (C=O) groups excluding carboxylic acids is 1. The van der Waals surface area contributed by atoms with Gasteiger partial charge in [-0.3, -0.25) is 4.79 Å². The third-order valence-electron chi connectivity index (χ3n) is 3.35. The molecule has 1 aromatic carbocycles. The van der Waals surface area contributed by atoms with Crippen LogP contribution in [0.2, 0.25) is 5.02 Å². The molecule has 0 unspecified atom stereocenters. The van der Waals surface area contributed by atoms with E-state index >= 15 is 0 Å². The summed E-state index contributed by atoms with van der Waals surface area (Å²) < 4.78 is 5.48. The molecule has 1 amide bonds. The molecule has 1 aliphatic rings. The Morgan fingerprint density at radius 2 is 2.15 bits per heavy atom. The van der Waals surface area contributed by atoms with E-state index in [1.165, 1.54) is 0 Å². The van der Waals surface area contributed by atoms with Crippen LogP contribution < -0.4 is 0 Å². The Kier molecular flexibility index (Phi) is 5.72. The van der Waals surface area contributed by atoms with E-state index in [0.29, 0.717) is 30.3 Å². The number of carbonyl (C=O) groups is 1. The van der Waals surface area contributed by atoms with Crippen molar-refractivity contribution in [3.63, 3.8) is 0 Å².